The summed E-state index contributed by atoms with van der Waals surface area (Å²) in [6.45, 7) is 6.01. The van der Waals surface area contributed by atoms with Gasteiger partial charge in [-0.25, -0.2) is 0 Å². The van der Waals surface area contributed by atoms with E-state index in [1.807, 2.05) is 20.8 Å². The first kappa shape index (κ1) is 11.4. The number of nitrogens with two attached hydrogens (primary N) is 1. The molecule has 4 heteroatoms. The molecule has 0 heterocycles. The van der Waals surface area contributed by atoms with Crippen LogP contribution in [0.2, 0.25) is 0 Å². The normalized spacial score (nSPS) is 14.1. The van der Waals surface area contributed by atoms with Crippen molar-refractivity contribution >= 4 is 5.91 Å². The van der Waals surface area contributed by atoms with Gasteiger partial charge >= 0.3 is 0 Å². The molecule has 12 heavy (non-hydrogen) atoms. The van der Waals surface area contributed by atoms with Gasteiger partial charge in [0.05, 0.1) is 12.2 Å². The Hall–Kier alpha value is -0.610. The molecule has 1 unspecified atom stereocenters. The van der Waals surface area contributed by atoms with Crippen LogP contribution < -0.4 is 11.1 Å². The quantitative estimate of drug-likeness (QED) is 0.626. The number of carbonyl (C=O) groups excluding carboxylic acids is 1. The SMILES string of the molecule is CNC(=O)C(N)COC(C)(C)C. The van der Waals surface area contributed by atoms with E-state index in [0.717, 1.165) is 0 Å². The number of carbonyl (C=O) groups is 1. The zero-order valence-electron chi connectivity index (χ0n) is 8.18. The lowest BCUT2D eigenvalue weighted by molar-refractivity contribution is -0.124. The van der Waals surface area contributed by atoms with E-state index >= 15 is 0 Å². The Morgan fingerprint density at radius 3 is 2.42 bits per heavy atom. The number of hydrogen-bond acceptors (Lipinski definition) is 3. The molecule has 0 saturated carbocycles. The van der Waals surface area contributed by atoms with E-state index in [0.29, 0.717) is 0 Å². The van der Waals surface area contributed by atoms with Crippen LogP contribution in [-0.4, -0.2) is 31.2 Å². The lowest BCUT2D eigenvalue weighted by Crippen LogP contribution is -2.43. The molecule has 1 atom stereocenters. The molecule has 0 fully saturated rings. The van der Waals surface area contributed by atoms with E-state index in [-0.39, 0.29) is 18.1 Å². The van der Waals surface area contributed by atoms with Crippen LogP contribution in [-0.2, 0) is 9.53 Å². The van der Waals surface area contributed by atoms with Crippen LogP contribution >= 0.6 is 0 Å². The molecule has 0 aromatic heterocycles. The molecular weight excluding hydrogens is 156 g/mol. The molecule has 0 saturated heterocycles. The highest BCUT2D eigenvalue weighted by Crippen LogP contribution is 2.06. The van der Waals surface area contributed by atoms with Gasteiger partial charge in [-0.3, -0.25) is 4.79 Å². The Kier molecular flexibility index (Phi) is 4.20. The van der Waals surface area contributed by atoms with Crippen molar-refractivity contribution < 1.29 is 9.53 Å². The van der Waals surface area contributed by atoms with Gasteiger partial charge in [-0.1, -0.05) is 0 Å². The third-order valence-electron chi connectivity index (χ3n) is 1.28. The minimum Gasteiger partial charge on any atom is -0.374 e. The largest absolute Gasteiger partial charge is 0.374 e. The molecule has 0 aliphatic carbocycles. The summed E-state index contributed by atoms with van der Waals surface area (Å²) in [6.07, 6.45) is 0. The maximum atomic E-state index is 10.9. The van der Waals surface area contributed by atoms with Gasteiger partial charge in [0.25, 0.3) is 0 Å². The summed E-state index contributed by atoms with van der Waals surface area (Å²) in [5.41, 5.74) is 5.25. The van der Waals surface area contributed by atoms with Crippen molar-refractivity contribution in [2.45, 2.75) is 32.4 Å². The topological polar surface area (TPSA) is 64.4 Å². The Morgan fingerprint density at radius 1 is 1.58 bits per heavy atom. The number of ether oxygens (including phenoxy) is 1. The average molecular weight is 174 g/mol. The molecule has 0 rings (SSSR count). The second-order valence-corrected chi connectivity index (χ2v) is 3.64. The Morgan fingerprint density at radius 2 is 2.08 bits per heavy atom. The second-order valence-electron chi connectivity index (χ2n) is 3.64. The Balaban J connectivity index is 3.72. The first-order valence-electron chi connectivity index (χ1n) is 3.98. The molecule has 0 spiro atoms. The number of nitrogens with one attached hydrogen (secondary N) is 1. The van der Waals surface area contributed by atoms with Gasteiger partial charge in [-0.2, -0.15) is 0 Å². The van der Waals surface area contributed by atoms with Crippen LogP contribution in [0.4, 0.5) is 0 Å². The van der Waals surface area contributed by atoms with E-state index in [2.05, 4.69) is 5.32 Å². The van der Waals surface area contributed by atoms with Gasteiger partial charge in [-0.05, 0) is 20.8 Å². The second kappa shape index (κ2) is 4.42. The summed E-state index contributed by atoms with van der Waals surface area (Å²) in [5, 5.41) is 2.46. The van der Waals surface area contributed by atoms with Gasteiger partial charge in [0.1, 0.15) is 6.04 Å². The van der Waals surface area contributed by atoms with Gasteiger partial charge < -0.3 is 15.8 Å². The molecule has 72 valence electrons. The molecule has 0 aromatic carbocycles. The predicted molar refractivity (Wildman–Crippen MR) is 47.7 cm³/mol. The molecule has 3 N–H and O–H groups in total. The Bertz CT molecular complexity index is 152. The predicted octanol–water partition coefficient (Wildman–Crippen LogP) is -0.125. The lowest BCUT2D eigenvalue weighted by atomic mass is 10.2. The monoisotopic (exact) mass is 174 g/mol. The molecule has 4 nitrogen and oxygen atoms in total. The average Bonchev–Trinajstić information content (AvgIpc) is 1.97. The van der Waals surface area contributed by atoms with Crippen molar-refractivity contribution in [3.63, 3.8) is 0 Å². The molecule has 0 aliphatic heterocycles. The third kappa shape index (κ3) is 5.09. The van der Waals surface area contributed by atoms with Crippen molar-refractivity contribution in [1.82, 2.24) is 5.32 Å². The molecule has 0 aliphatic rings. The molecular formula is C8H18N2O2. The fraction of sp³-hybridized carbons (Fsp3) is 0.875. The van der Waals surface area contributed by atoms with Crippen molar-refractivity contribution in [2.24, 2.45) is 5.73 Å². The van der Waals surface area contributed by atoms with Crippen LogP contribution in [0, 0.1) is 0 Å². The van der Waals surface area contributed by atoms with E-state index in [4.69, 9.17) is 10.5 Å². The minimum atomic E-state index is -0.575. The van der Waals surface area contributed by atoms with Gasteiger partial charge in [-0.15, -0.1) is 0 Å². The smallest absolute Gasteiger partial charge is 0.239 e. The third-order valence-corrected chi connectivity index (χ3v) is 1.28. The maximum absolute atomic E-state index is 10.9. The first-order chi connectivity index (χ1) is 5.37. The van der Waals surface area contributed by atoms with Gasteiger partial charge in [0.2, 0.25) is 5.91 Å². The lowest BCUT2D eigenvalue weighted by Gasteiger charge is -2.21. The molecule has 1 amide bonds. The number of likely N-dealkylation sites (N-methyl/N-ethyl adjacent to an activating group) is 1. The summed E-state index contributed by atoms with van der Waals surface area (Å²) >= 11 is 0. The zero-order chi connectivity index (χ0) is 9.78. The number of hydrogen-bond donors (Lipinski definition) is 2. The summed E-state index contributed by atoms with van der Waals surface area (Å²) < 4.78 is 5.33. The standard InChI is InChI=1S/C8H18N2O2/c1-8(2,3)12-5-6(9)7(11)10-4/h6H,5,9H2,1-4H3,(H,10,11). The van der Waals surface area contributed by atoms with Crippen LogP contribution in [0.1, 0.15) is 20.8 Å². The molecule has 0 aromatic rings. The van der Waals surface area contributed by atoms with E-state index in [9.17, 15) is 4.79 Å². The van der Waals surface area contributed by atoms with Crippen molar-refractivity contribution in [2.75, 3.05) is 13.7 Å². The van der Waals surface area contributed by atoms with Crippen molar-refractivity contribution in [3.8, 4) is 0 Å². The highest BCUT2D eigenvalue weighted by atomic mass is 16.5. The van der Waals surface area contributed by atoms with Crippen LogP contribution in [0.15, 0.2) is 0 Å². The fourth-order valence-electron chi connectivity index (χ4n) is 0.601. The van der Waals surface area contributed by atoms with E-state index in [1.54, 1.807) is 7.05 Å². The van der Waals surface area contributed by atoms with Crippen molar-refractivity contribution in [1.29, 1.82) is 0 Å². The fourth-order valence-corrected chi connectivity index (χ4v) is 0.601. The van der Waals surface area contributed by atoms with Gasteiger partial charge in [0, 0.05) is 7.05 Å². The summed E-state index contributed by atoms with van der Waals surface area (Å²) in [7, 11) is 1.55. The first-order valence-corrected chi connectivity index (χ1v) is 3.98. The van der Waals surface area contributed by atoms with Crippen LogP contribution in [0.5, 0.6) is 0 Å². The molecule has 0 radical (unpaired) electrons. The van der Waals surface area contributed by atoms with Crippen LogP contribution in [0.3, 0.4) is 0 Å². The number of amides is 1. The summed E-state index contributed by atoms with van der Waals surface area (Å²) in [5.74, 6) is -0.195. The maximum Gasteiger partial charge on any atom is 0.239 e. The summed E-state index contributed by atoms with van der Waals surface area (Å²) in [6, 6.07) is -0.575. The van der Waals surface area contributed by atoms with Gasteiger partial charge in [0.15, 0.2) is 0 Å². The highest BCUT2D eigenvalue weighted by Gasteiger charge is 2.16. The van der Waals surface area contributed by atoms with Crippen LogP contribution in [0.25, 0.3) is 0 Å². The highest BCUT2D eigenvalue weighted by molar-refractivity contribution is 5.81. The Labute approximate surface area is 73.5 Å². The van der Waals surface area contributed by atoms with E-state index in [1.165, 1.54) is 0 Å². The molecule has 0 bridgehead atoms. The minimum absolute atomic E-state index is 0.195. The number of rotatable bonds is 3. The summed E-state index contributed by atoms with van der Waals surface area (Å²) in [4.78, 5) is 10.9. The van der Waals surface area contributed by atoms with E-state index < -0.39 is 6.04 Å². The van der Waals surface area contributed by atoms with Crippen molar-refractivity contribution in [3.05, 3.63) is 0 Å². The zero-order valence-corrected chi connectivity index (χ0v) is 8.18.